The topological polar surface area (TPSA) is 111 Å². The van der Waals surface area contributed by atoms with Gasteiger partial charge in [-0.25, -0.2) is 9.97 Å². The highest BCUT2D eigenvalue weighted by Crippen LogP contribution is 2.27. The van der Waals surface area contributed by atoms with Crippen LogP contribution in [0.1, 0.15) is 5.82 Å². The van der Waals surface area contributed by atoms with Gasteiger partial charge >= 0.3 is 0 Å². The van der Waals surface area contributed by atoms with Gasteiger partial charge in [0.25, 0.3) is 5.89 Å². The SMILES string of the molecule is Cc1nccc(-c2noc(-c3ccc(O)c(N)c3)n2)n1. The van der Waals surface area contributed by atoms with E-state index in [-0.39, 0.29) is 11.4 Å². The normalized spacial score (nSPS) is 10.7. The first kappa shape index (κ1) is 12.1. The number of aromatic hydroxyl groups is 1. The molecule has 0 spiro atoms. The van der Waals surface area contributed by atoms with E-state index in [1.807, 2.05) is 0 Å². The van der Waals surface area contributed by atoms with Crippen molar-refractivity contribution in [2.45, 2.75) is 6.92 Å². The van der Waals surface area contributed by atoms with Crippen molar-refractivity contribution in [1.29, 1.82) is 0 Å². The molecule has 0 radical (unpaired) electrons. The number of hydrogen-bond donors (Lipinski definition) is 2. The molecule has 0 aliphatic rings. The monoisotopic (exact) mass is 269 g/mol. The number of nitrogen functional groups attached to an aromatic ring is 1. The van der Waals surface area contributed by atoms with Gasteiger partial charge in [0.2, 0.25) is 5.82 Å². The smallest absolute Gasteiger partial charge is 0.258 e. The molecule has 0 saturated heterocycles. The van der Waals surface area contributed by atoms with Crippen molar-refractivity contribution in [2.24, 2.45) is 0 Å². The number of nitrogens with two attached hydrogens (primary N) is 1. The molecule has 2 heterocycles. The fourth-order valence-corrected chi connectivity index (χ4v) is 1.71. The summed E-state index contributed by atoms with van der Waals surface area (Å²) in [5, 5.41) is 13.3. The number of aryl methyl sites for hydroxylation is 1. The van der Waals surface area contributed by atoms with Crippen molar-refractivity contribution in [3.63, 3.8) is 0 Å². The van der Waals surface area contributed by atoms with Gasteiger partial charge in [0.05, 0.1) is 5.69 Å². The molecule has 0 fully saturated rings. The van der Waals surface area contributed by atoms with Crippen molar-refractivity contribution >= 4 is 5.69 Å². The van der Waals surface area contributed by atoms with E-state index in [9.17, 15) is 5.11 Å². The molecule has 0 saturated carbocycles. The van der Waals surface area contributed by atoms with Crippen molar-refractivity contribution in [3.05, 3.63) is 36.3 Å². The molecule has 100 valence electrons. The van der Waals surface area contributed by atoms with Crippen LogP contribution in [0.15, 0.2) is 35.0 Å². The number of rotatable bonds is 2. The van der Waals surface area contributed by atoms with Crippen LogP contribution in [0.5, 0.6) is 5.75 Å². The maximum atomic E-state index is 9.40. The van der Waals surface area contributed by atoms with Crippen LogP contribution in [0.4, 0.5) is 5.69 Å². The van der Waals surface area contributed by atoms with Crippen molar-refractivity contribution in [2.75, 3.05) is 5.73 Å². The zero-order valence-electron chi connectivity index (χ0n) is 10.6. The summed E-state index contributed by atoms with van der Waals surface area (Å²) in [7, 11) is 0. The zero-order chi connectivity index (χ0) is 14.1. The van der Waals surface area contributed by atoms with Crippen LogP contribution in [-0.4, -0.2) is 25.2 Å². The Bertz CT molecular complexity index is 769. The number of aromatic nitrogens is 4. The van der Waals surface area contributed by atoms with Crippen molar-refractivity contribution < 1.29 is 9.63 Å². The first-order valence-corrected chi connectivity index (χ1v) is 5.86. The summed E-state index contributed by atoms with van der Waals surface area (Å²) < 4.78 is 5.18. The van der Waals surface area contributed by atoms with Crippen LogP contribution in [0.25, 0.3) is 23.0 Å². The first-order valence-electron chi connectivity index (χ1n) is 5.86. The summed E-state index contributed by atoms with van der Waals surface area (Å²) in [5.74, 6) is 1.32. The molecule has 0 aliphatic heterocycles. The third kappa shape index (κ3) is 2.16. The highest BCUT2D eigenvalue weighted by atomic mass is 16.5. The van der Waals surface area contributed by atoms with Crippen molar-refractivity contribution in [1.82, 2.24) is 20.1 Å². The Morgan fingerprint density at radius 2 is 2.05 bits per heavy atom. The highest BCUT2D eigenvalue weighted by Gasteiger charge is 2.12. The molecule has 1 aromatic carbocycles. The zero-order valence-corrected chi connectivity index (χ0v) is 10.6. The molecule has 3 N–H and O–H groups in total. The Morgan fingerprint density at radius 1 is 1.20 bits per heavy atom. The Morgan fingerprint density at radius 3 is 2.80 bits per heavy atom. The number of phenolic OH excluding ortho intramolecular Hbond substituents is 1. The molecule has 3 rings (SSSR count). The third-order valence-electron chi connectivity index (χ3n) is 2.71. The van der Waals surface area contributed by atoms with Gasteiger partial charge in [0, 0.05) is 11.8 Å². The second kappa shape index (κ2) is 4.61. The number of phenols is 1. The van der Waals surface area contributed by atoms with E-state index in [1.54, 1.807) is 31.3 Å². The van der Waals surface area contributed by atoms with Crippen LogP contribution in [0.2, 0.25) is 0 Å². The van der Waals surface area contributed by atoms with Gasteiger partial charge in [0.15, 0.2) is 0 Å². The lowest BCUT2D eigenvalue weighted by atomic mass is 10.2. The van der Waals surface area contributed by atoms with Gasteiger partial charge in [-0.05, 0) is 31.2 Å². The van der Waals surface area contributed by atoms with E-state index in [2.05, 4.69) is 20.1 Å². The molecule has 2 aromatic heterocycles. The average Bonchev–Trinajstić information content (AvgIpc) is 2.92. The quantitative estimate of drug-likeness (QED) is 0.538. The molecular weight excluding hydrogens is 258 g/mol. The van der Waals surface area contributed by atoms with Gasteiger partial charge in [-0.1, -0.05) is 5.16 Å². The largest absolute Gasteiger partial charge is 0.506 e. The molecule has 7 heteroatoms. The number of hydrogen-bond acceptors (Lipinski definition) is 7. The van der Waals surface area contributed by atoms with Gasteiger partial charge in [-0.2, -0.15) is 4.98 Å². The minimum Gasteiger partial charge on any atom is -0.506 e. The molecule has 20 heavy (non-hydrogen) atoms. The summed E-state index contributed by atoms with van der Waals surface area (Å²) in [6.07, 6.45) is 1.63. The molecule has 7 nitrogen and oxygen atoms in total. The lowest BCUT2D eigenvalue weighted by Crippen LogP contribution is -1.91. The van der Waals surface area contributed by atoms with Crippen LogP contribution in [0, 0.1) is 6.92 Å². The van der Waals surface area contributed by atoms with Gasteiger partial charge < -0.3 is 15.4 Å². The lowest BCUT2D eigenvalue weighted by Gasteiger charge is -1.99. The Kier molecular flexibility index (Phi) is 2.79. The van der Waals surface area contributed by atoms with Gasteiger partial charge in [-0.3, -0.25) is 0 Å². The van der Waals surface area contributed by atoms with Crippen molar-refractivity contribution in [3.8, 4) is 28.7 Å². The van der Waals surface area contributed by atoms with E-state index >= 15 is 0 Å². The molecule has 0 unspecified atom stereocenters. The third-order valence-corrected chi connectivity index (χ3v) is 2.71. The highest BCUT2D eigenvalue weighted by molar-refractivity contribution is 5.66. The minimum absolute atomic E-state index is 0.0138. The predicted molar refractivity (Wildman–Crippen MR) is 71.6 cm³/mol. The second-order valence-corrected chi connectivity index (χ2v) is 4.19. The maximum Gasteiger partial charge on any atom is 0.258 e. The first-order chi connectivity index (χ1) is 9.63. The molecule has 0 amide bonds. The van der Waals surface area contributed by atoms with Crippen LogP contribution >= 0.6 is 0 Å². The fraction of sp³-hybridized carbons (Fsp3) is 0.0769. The Labute approximate surface area is 114 Å². The van der Waals surface area contributed by atoms with Crippen LogP contribution < -0.4 is 5.73 Å². The predicted octanol–water partition coefficient (Wildman–Crippen LogP) is 1.79. The standard InChI is InChI=1S/C13H11N5O2/c1-7-15-5-4-10(16-7)12-17-13(20-18-12)8-2-3-11(19)9(14)6-8/h2-6,19H,14H2,1H3. The summed E-state index contributed by atoms with van der Waals surface area (Å²) in [5.41, 5.74) is 7.10. The number of nitrogens with zero attached hydrogens (tertiary/aromatic N) is 4. The summed E-state index contributed by atoms with van der Waals surface area (Å²) >= 11 is 0. The Balaban J connectivity index is 1.99. The molecule has 0 bridgehead atoms. The van der Waals surface area contributed by atoms with Gasteiger partial charge in [0.1, 0.15) is 17.3 Å². The van der Waals surface area contributed by atoms with E-state index in [0.717, 1.165) is 0 Å². The number of benzene rings is 1. The van der Waals surface area contributed by atoms with E-state index in [4.69, 9.17) is 10.3 Å². The van der Waals surface area contributed by atoms with E-state index in [0.29, 0.717) is 28.8 Å². The molecule has 3 aromatic rings. The summed E-state index contributed by atoms with van der Waals surface area (Å²) in [6.45, 7) is 1.78. The minimum atomic E-state index is 0.0138. The second-order valence-electron chi connectivity index (χ2n) is 4.19. The summed E-state index contributed by atoms with van der Waals surface area (Å²) in [4.78, 5) is 12.5. The van der Waals surface area contributed by atoms with E-state index < -0.39 is 0 Å². The van der Waals surface area contributed by atoms with Crippen LogP contribution in [0.3, 0.4) is 0 Å². The average molecular weight is 269 g/mol. The fourth-order valence-electron chi connectivity index (χ4n) is 1.71. The molecular formula is C13H11N5O2. The lowest BCUT2D eigenvalue weighted by molar-refractivity contribution is 0.432. The van der Waals surface area contributed by atoms with Crippen LogP contribution in [-0.2, 0) is 0 Å². The molecule has 0 atom stereocenters. The number of anilines is 1. The Hall–Kier alpha value is -2.96. The summed E-state index contributed by atoms with van der Waals surface area (Å²) in [6, 6.07) is 6.39. The van der Waals surface area contributed by atoms with E-state index in [1.165, 1.54) is 6.07 Å². The molecule has 0 aliphatic carbocycles. The maximum absolute atomic E-state index is 9.40. The van der Waals surface area contributed by atoms with Gasteiger partial charge in [-0.15, -0.1) is 0 Å².